The van der Waals surface area contributed by atoms with Crippen LogP contribution in [0.3, 0.4) is 0 Å². The predicted molar refractivity (Wildman–Crippen MR) is 65.0 cm³/mol. The molecule has 1 saturated carbocycles. The fourth-order valence-corrected chi connectivity index (χ4v) is 2.91. The minimum Gasteiger partial charge on any atom is -0.311 e. The molecule has 2 bridgehead atoms. The van der Waals surface area contributed by atoms with E-state index in [1.54, 1.807) is 0 Å². The lowest BCUT2D eigenvalue weighted by Crippen LogP contribution is -2.36. The van der Waals surface area contributed by atoms with Crippen LogP contribution in [0.25, 0.3) is 0 Å². The van der Waals surface area contributed by atoms with E-state index in [1.165, 1.54) is 31.4 Å². The summed E-state index contributed by atoms with van der Waals surface area (Å²) in [4.78, 5) is 2.64. The van der Waals surface area contributed by atoms with E-state index in [2.05, 4.69) is 30.6 Å². The fourth-order valence-electron chi connectivity index (χ4n) is 2.91. The van der Waals surface area contributed by atoms with Gasteiger partial charge < -0.3 is 5.32 Å². The Hall–Kier alpha value is -0.340. The molecule has 0 spiro atoms. The monoisotopic (exact) mass is 208 g/mol. The zero-order chi connectivity index (χ0) is 10.8. The normalized spacial score (nSPS) is 30.3. The van der Waals surface area contributed by atoms with Gasteiger partial charge in [0.25, 0.3) is 0 Å². The molecule has 0 radical (unpaired) electrons. The van der Waals surface area contributed by atoms with Crippen molar-refractivity contribution in [3.05, 3.63) is 12.2 Å². The van der Waals surface area contributed by atoms with Crippen molar-refractivity contribution >= 4 is 0 Å². The van der Waals surface area contributed by atoms with Gasteiger partial charge >= 0.3 is 0 Å². The Kier molecular flexibility index (Phi) is 3.47. The molecule has 2 aliphatic rings. The van der Waals surface area contributed by atoms with Crippen LogP contribution in [0, 0.1) is 5.92 Å². The van der Waals surface area contributed by atoms with Gasteiger partial charge in [-0.1, -0.05) is 20.4 Å². The minimum atomic E-state index is 0.566. The molecular formula is C13H24N2. The summed E-state index contributed by atoms with van der Waals surface area (Å²) in [5, 5.41) is 3.44. The van der Waals surface area contributed by atoms with Crippen LogP contribution in [-0.4, -0.2) is 36.6 Å². The smallest absolute Gasteiger partial charge is 0.0205 e. The molecule has 86 valence electrons. The van der Waals surface area contributed by atoms with Crippen molar-refractivity contribution in [3.8, 4) is 0 Å². The van der Waals surface area contributed by atoms with Gasteiger partial charge in [0.1, 0.15) is 0 Å². The van der Waals surface area contributed by atoms with Gasteiger partial charge in [-0.3, -0.25) is 4.90 Å². The molecule has 2 rings (SSSR count). The third-order valence-corrected chi connectivity index (χ3v) is 3.71. The molecule has 2 nitrogen and oxygen atoms in total. The van der Waals surface area contributed by atoms with Crippen LogP contribution in [0.2, 0.25) is 0 Å². The first kappa shape index (κ1) is 11.2. The van der Waals surface area contributed by atoms with Crippen LogP contribution in [0.15, 0.2) is 12.2 Å². The first-order valence-corrected chi connectivity index (χ1v) is 6.29. The summed E-state index contributed by atoms with van der Waals surface area (Å²) >= 11 is 0. The summed E-state index contributed by atoms with van der Waals surface area (Å²) in [6.07, 6.45) is 4.35. The molecule has 0 aromatic carbocycles. The van der Waals surface area contributed by atoms with E-state index in [9.17, 15) is 0 Å². The van der Waals surface area contributed by atoms with Crippen LogP contribution in [0.4, 0.5) is 0 Å². The summed E-state index contributed by atoms with van der Waals surface area (Å²) in [5.41, 5.74) is 1.34. The third kappa shape index (κ3) is 2.82. The van der Waals surface area contributed by atoms with Crippen molar-refractivity contribution in [3.63, 3.8) is 0 Å². The topological polar surface area (TPSA) is 15.3 Å². The quantitative estimate of drug-likeness (QED) is 0.695. The van der Waals surface area contributed by atoms with Gasteiger partial charge in [0.15, 0.2) is 0 Å². The van der Waals surface area contributed by atoms with E-state index in [4.69, 9.17) is 0 Å². The molecule has 1 heterocycles. The molecule has 1 saturated heterocycles. The third-order valence-electron chi connectivity index (χ3n) is 3.71. The van der Waals surface area contributed by atoms with E-state index >= 15 is 0 Å². The number of likely N-dealkylation sites (tertiary alicyclic amines) is 1. The SMILES string of the molecule is C=C(CNC(C)C)CN1CC2CCC1C2. The average Bonchev–Trinajstić information content (AvgIpc) is 2.76. The van der Waals surface area contributed by atoms with Crippen molar-refractivity contribution in [2.24, 2.45) is 5.92 Å². The van der Waals surface area contributed by atoms with E-state index in [0.717, 1.165) is 25.0 Å². The molecule has 2 heteroatoms. The summed E-state index contributed by atoms with van der Waals surface area (Å²) in [6, 6.07) is 1.45. The van der Waals surface area contributed by atoms with Crippen LogP contribution in [0.5, 0.6) is 0 Å². The maximum absolute atomic E-state index is 4.17. The van der Waals surface area contributed by atoms with Gasteiger partial charge in [0.2, 0.25) is 0 Å². The molecule has 2 fully saturated rings. The van der Waals surface area contributed by atoms with E-state index < -0.39 is 0 Å². The van der Waals surface area contributed by atoms with Crippen molar-refractivity contribution in [2.45, 2.75) is 45.2 Å². The highest BCUT2D eigenvalue weighted by Crippen LogP contribution is 2.37. The molecule has 0 aromatic heterocycles. The van der Waals surface area contributed by atoms with Crippen molar-refractivity contribution in [2.75, 3.05) is 19.6 Å². The highest BCUT2D eigenvalue weighted by molar-refractivity contribution is 5.04. The van der Waals surface area contributed by atoms with E-state index in [1.807, 2.05) is 0 Å². The predicted octanol–water partition coefficient (Wildman–Crippen LogP) is 2.02. The van der Waals surface area contributed by atoms with Crippen LogP contribution < -0.4 is 5.32 Å². The molecule has 1 N–H and O–H groups in total. The van der Waals surface area contributed by atoms with Crippen LogP contribution in [-0.2, 0) is 0 Å². The highest BCUT2D eigenvalue weighted by Gasteiger charge is 2.37. The van der Waals surface area contributed by atoms with E-state index in [0.29, 0.717) is 6.04 Å². The fraction of sp³-hybridized carbons (Fsp3) is 0.846. The number of fused-ring (bicyclic) bond motifs is 2. The summed E-state index contributed by atoms with van der Waals surface area (Å²) in [5.74, 6) is 1.00. The Morgan fingerprint density at radius 2 is 2.27 bits per heavy atom. The standard InChI is InChI=1S/C13H24N2/c1-10(2)14-7-11(3)8-15-9-12-4-5-13(15)6-12/h10,12-14H,3-9H2,1-2H3. The van der Waals surface area contributed by atoms with Gasteiger partial charge in [-0.15, -0.1) is 0 Å². The highest BCUT2D eigenvalue weighted by atomic mass is 15.2. The summed E-state index contributed by atoms with van der Waals surface area (Å²) < 4.78 is 0. The Morgan fingerprint density at radius 1 is 1.47 bits per heavy atom. The maximum atomic E-state index is 4.17. The lowest BCUT2D eigenvalue weighted by molar-refractivity contribution is 0.229. The Balaban J connectivity index is 1.71. The van der Waals surface area contributed by atoms with Crippen molar-refractivity contribution in [1.29, 1.82) is 0 Å². The Morgan fingerprint density at radius 3 is 2.80 bits per heavy atom. The van der Waals surface area contributed by atoms with Crippen LogP contribution in [0.1, 0.15) is 33.1 Å². The Bertz CT molecular complexity index is 235. The largest absolute Gasteiger partial charge is 0.311 e. The lowest BCUT2D eigenvalue weighted by atomic mass is 10.1. The second kappa shape index (κ2) is 4.67. The first-order valence-electron chi connectivity index (χ1n) is 6.29. The number of nitrogens with one attached hydrogen (secondary N) is 1. The van der Waals surface area contributed by atoms with Gasteiger partial charge in [0.05, 0.1) is 0 Å². The second-order valence-electron chi connectivity index (χ2n) is 5.55. The van der Waals surface area contributed by atoms with Crippen LogP contribution >= 0.6 is 0 Å². The minimum absolute atomic E-state index is 0.566. The lowest BCUT2D eigenvalue weighted by Gasteiger charge is -2.27. The summed E-state index contributed by atoms with van der Waals surface area (Å²) in [7, 11) is 0. The number of nitrogens with zero attached hydrogens (tertiary/aromatic N) is 1. The number of hydrogen-bond acceptors (Lipinski definition) is 2. The molecule has 15 heavy (non-hydrogen) atoms. The molecule has 0 amide bonds. The van der Waals surface area contributed by atoms with Gasteiger partial charge in [-0.2, -0.15) is 0 Å². The molecular weight excluding hydrogens is 184 g/mol. The molecule has 2 unspecified atom stereocenters. The zero-order valence-electron chi connectivity index (χ0n) is 10.1. The van der Waals surface area contributed by atoms with Gasteiger partial charge in [-0.25, -0.2) is 0 Å². The zero-order valence-corrected chi connectivity index (χ0v) is 10.1. The van der Waals surface area contributed by atoms with E-state index in [-0.39, 0.29) is 0 Å². The molecule has 2 atom stereocenters. The van der Waals surface area contributed by atoms with Gasteiger partial charge in [0, 0.05) is 31.7 Å². The number of hydrogen-bond donors (Lipinski definition) is 1. The maximum Gasteiger partial charge on any atom is 0.0205 e. The average molecular weight is 208 g/mol. The van der Waals surface area contributed by atoms with Crippen molar-refractivity contribution in [1.82, 2.24) is 10.2 Å². The second-order valence-corrected chi connectivity index (χ2v) is 5.55. The number of piperidine rings is 1. The van der Waals surface area contributed by atoms with Gasteiger partial charge in [-0.05, 0) is 30.8 Å². The molecule has 1 aliphatic carbocycles. The summed E-state index contributed by atoms with van der Waals surface area (Å²) in [6.45, 7) is 12.0. The van der Waals surface area contributed by atoms with Crippen molar-refractivity contribution < 1.29 is 0 Å². The number of rotatable bonds is 5. The molecule has 0 aromatic rings. The molecule has 1 aliphatic heterocycles. The first-order chi connectivity index (χ1) is 7.15. The Labute approximate surface area is 93.7 Å².